The standard InChI is InChI=1S/C20H29N3/c1-15-6-7-16(2)19(13-15)20(17-8-10-21-14-17)22-11-9-18-5-4-12-23(18)3/h6-8,10,13-14,18,20-22H,4-5,9,11-12H2,1-3H3. The van der Waals surface area contributed by atoms with Crippen LogP contribution < -0.4 is 5.32 Å². The molecule has 23 heavy (non-hydrogen) atoms. The molecule has 0 amide bonds. The SMILES string of the molecule is Cc1ccc(C)c(C(NCCC2CCCN2C)c2cc[nH]c2)c1. The van der Waals surface area contributed by atoms with Gasteiger partial charge in [0.2, 0.25) is 0 Å². The molecule has 2 heterocycles. The fourth-order valence-electron chi connectivity index (χ4n) is 3.73. The second-order valence-electron chi connectivity index (χ2n) is 6.96. The molecule has 0 spiro atoms. The topological polar surface area (TPSA) is 31.1 Å². The third kappa shape index (κ3) is 3.85. The average Bonchev–Trinajstić information content (AvgIpc) is 3.19. The van der Waals surface area contributed by atoms with Gasteiger partial charge in [-0.05, 0) is 76.0 Å². The van der Waals surface area contributed by atoms with E-state index in [4.69, 9.17) is 0 Å². The average molecular weight is 311 g/mol. The van der Waals surface area contributed by atoms with Crippen molar-refractivity contribution in [3.05, 3.63) is 58.9 Å². The second-order valence-corrected chi connectivity index (χ2v) is 6.96. The molecule has 2 N–H and O–H groups in total. The van der Waals surface area contributed by atoms with Crippen LogP contribution in [0.1, 0.15) is 47.6 Å². The number of rotatable bonds is 6. The van der Waals surface area contributed by atoms with Gasteiger partial charge in [0, 0.05) is 18.4 Å². The van der Waals surface area contributed by atoms with E-state index in [2.05, 4.69) is 66.6 Å². The predicted octanol–water partition coefficient (Wildman–Crippen LogP) is 3.79. The van der Waals surface area contributed by atoms with Crippen molar-refractivity contribution in [1.82, 2.24) is 15.2 Å². The van der Waals surface area contributed by atoms with Crippen LogP contribution in [0.5, 0.6) is 0 Å². The minimum absolute atomic E-state index is 0.271. The lowest BCUT2D eigenvalue weighted by atomic mass is 9.95. The zero-order valence-electron chi connectivity index (χ0n) is 14.6. The first kappa shape index (κ1) is 16.3. The van der Waals surface area contributed by atoms with Gasteiger partial charge in [0.05, 0.1) is 6.04 Å². The van der Waals surface area contributed by atoms with E-state index in [9.17, 15) is 0 Å². The van der Waals surface area contributed by atoms with Crippen LogP contribution in [0.3, 0.4) is 0 Å². The Labute approximate surface area is 140 Å². The van der Waals surface area contributed by atoms with E-state index >= 15 is 0 Å². The summed E-state index contributed by atoms with van der Waals surface area (Å²) in [5.74, 6) is 0. The van der Waals surface area contributed by atoms with Crippen molar-refractivity contribution in [2.75, 3.05) is 20.1 Å². The Bertz CT molecular complexity index is 618. The molecule has 0 bridgehead atoms. The highest BCUT2D eigenvalue weighted by Gasteiger charge is 2.22. The number of hydrogen-bond acceptors (Lipinski definition) is 2. The first-order chi connectivity index (χ1) is 11.1. The molecular weight excluding hydrogens is 282 g/mol. The molecule has 3 rings (SSSR count). The smallest absolute Gasteiger partial charge is 0.0594 e. The number of aryl methyl sites for hydroxylation is 2. The molecule has 3 heteroatoms. The summed E-state index contributed by atoms with van der Waals surface area (Å²) >= 11 is 0. The van der Waals surface area contributed by atoms with Gasteiger partial charge in [-0.3, -0.25) is 0 Å². The summed E-state index contributed by atoms with van der Waals surface area (Å²) in [4.78, 5) is 5.71. The fourth-order valence-corrected chi connectivity index (χ4v) is 3.73. The van der Waals surface area contributed by atoms with Crippen LogP contribution in [-0.4, -0.2) is 36.1 Å². The monoisotopic (exact) mass is 311 g/mol. The molecule has 0 saturated carbocycles. The molecule has 0 radical (unpaired) electrons. The Morgan fingerprint density at radius 1 is 1.30 bits per heavy atom. The summed E-state index contributed by atoms with van der Waals surface area (Å²) in [7, 11) is 2.26. The molecule has 1 aromatic heterocycles. The quantitative estimate of drug-likeness (QED) is 0.850. The molecule has 1 aromatic carbocycles. The maximum Gasteiger partial charge on any atom is 0.0594 e. The number of likely N-dealkylation sites (tertiary alicyclic amines) is 1. The Morgan fingerprint density at radius 3 is 2.87 bits per heavy atom. The van der Waals surface area contributed by atoms with Gasteiger partial charge in [-0.25, -0.2) is 0 Å². The molecule has 0 aliphatic carbocycles. The summed E-state index contributed by atoms with van der Waals surface area (Å²) < 4.78 is 0. The Kier molecular flexibility index (Phi) is 5.19. The normalized spacial score (nSPS) is 20.0. The van der Waals surface area contributed by atoms with Crippen LogP contribution in [0.4, 0.5) is 0 Å². The van der Waals surface area contributed by atoms with Crippen molar-refractivity contribution in [2.24, 2.45) is 0 Å². The highest BCUT2D eigenvalue weighted by molar-refractivity contribution is 5.38. The molecule has 2 atom stereocenters. The maximum absolute atomic E-state index is 3.81. The van der Waals surface area contributed by atoms with Crippen LogP contribution in [0.2, 0.25) is 0 Å². The van der Waals surface area contributed by atoms with Gasteiger partial charge in [-0.2, -0.15) is 0 Å². The summed E-state index contributed by atoms with van der Waals surface area (Å²) in [5.41, 5.74) is 5.39. The second kappa shape index (κ2) is 7.33. The van der Waals surface area contributed by atoms with E-state index in [1.165, 1.54) is 48.1 Å². The van der Waals surface area contributed by atoms with E-state index < -0.39 is 0 Å². The zero-order valence-corrected chi connectivity index (χ0v) is 14.6. The number of benzene rings is 1. The number of aromatic nitrogens is 1. The Balaban J connectivity index is 1.73. The van der Waals surface area contributed by atoms with Gasteiger partial charge in [0.15, 0.2) is 0 Å². The van der Waals surface area contributed by atoms with E-state index in [0.717, 1.165) is 12.6 Å². The first-order valence-corrected chi connectivity index (χ1v) is 8.78. The highest BCUT2D eigenvalue weighted by atomic mass is 15.1. The van der Waals surface area contributed by atoms with E-state index in [-0.39, 0.29) is 6.04 Å². The van der Waals surface area contributed by atoms with Crippen LogP contribution in [0, 0.1) is 13.8 Å². The van der Waals surface area contributed by atoms with Crippen LogP contribution in [-0.2, 0) is 0 Å². The molecule has 3 nitrogen and oxygen atoms in total. The molecule has 1 fully saturated rings. The van der Waals surface area contributed by atoms with Gasteiger partial charge in [0.25, 0.3) is 0 Å². The van der Waals surface area contributed by atoms with Gasteiger partial charge >= 0.3 is 0 Å². The number of nitrogens with one attached hydrogen (secondary N) is 2. The van der Waals surface area contributed by atoms with Crippen molar-refractivity contribution in [3.8, 4) is 0 Å². The lowest BCUT2D eigenvalue weighted by molar-refractivity contribution is 0.292. The zero-order chi connectivity index (χ0) is 16.2. The minimum atomic E-state index is 0.271. The summed E-state index contributed by atoms with van der Waals surface area (Å²) in [6, 6.07) is 9.95. The van der Waals surface area contributed by atoms with Crippen molar-refractivity contribution in [1.29, 1.82) is 0 Å². The fraction of sp³-hybridized carbons (Fsp3) is 0.500. The molecule has 2 aromatic rings. The third-order valence-electron chi connectivity index (χ3n) is 5.20. The lowest BCUT2D eigenvalue weighted by Crippen LogP contribution is -2.31. The summed E-state index contributed by atoms with van der Waals surface area (Å²) in [5, 5.41) is 3.81. The van der Waals surface area contributed by atoms with Crippen molar-refractivity contribution in [3.63, 3.8) is 0 Å². The highest BCUT2D eigenvalue weighted by Crippen LogP contribution is 2.26. The minimum Gasteiger partial charge on any atom is -0.367 e. The third-order valence-corrected chi connectivity index (χ3v) is 5.20. The van der Waals surface area contributed by atoms with E-state index in [0.29, 0.717) is 0 Å². The molecule has 1 saturated heterocycles. The summed E-state index contributed by atoms with van der Waals surface area (Å²) in [6.07, 6.45) is 8.04. The van der Waals surface area contributed by atoms with E-state index in [1.54, 1.807) is 0 Å². The number of nitrogens with zero attached hydrogens (tertiary/aromatic N) is 1. The van der Waals surface area contributed by atoms with Gasteiger partial charge < -0.3 is 15.2 Å². The van der Waals surface area contributed by atoms with Crippen LogP contribution in [0.25, 0.3) is 0 Å². The molecule has 2 unspecified atom stereocenters. The Morgan fingerprint density at radius 2 is 2.17 bits per heavy atom. The van der Waals surface area contributed by atoms with E-state index in [1.807, 2.05) is 6.20 Å². The summed E-state index contributed by atoms with van der Waals surface area (Å²) in [6.45, 7) is 6.69. The molecular formula is C20H29N3. The van der Waals surface area contributed by atoms with Crippen molar-refractivity contribution < 1.29 is 0 Å². The maximum atomic E-state index is 3.81. The van der Waals surface area contributed by atoms with Gasteiger partial charge in [-0.15, -0.1) is 0 Å². The van der Waals surface area contributed by atoms with Crippen LogP contribution >= 0.6 is 0 Å². The molecule has 124 valence electrons. The molecule has 1 aliphatic rings. The van der Waals surface area contributed by atoms with Crippen LogP contribution in [0.15, 0.2) is 36.7 Å². The predicted molar refractivity (Wildman–Crippen MR) is 96.8 cm³/mol. The van der Waals surface area contributed by atoms with Gasteiger partial charge in [0.1, 0.15) is 0 Å². The number of aromatic amines is 1. The Hall–Kier alpha value is -1.58. The molecule has 1 aliphatic heterocycles. The largest absolute Gasteiger partial charge is 0.367 e. The lowest BCUT2D eigenvalue weighted by Gasteiger charge is -2.24. The number of hydrogen-bond donors (Lipinski definition) is 2. The van der Waals surface area contributed by atoms with Crippen molar-refractivity contribution in [2.45, 2.75) is 45.2 Å². The van der Waals surface area contributed by atoms with Crippen molar-refractivity contribution >= 4 is 0 Å². The first-order valence-electron chi connectivity index (χ1n) is 8.78. The number of H-pyrrole nitrogens is 1. The van der Waals surface area contributed by atoms with Gasteiger partial charge in [-0.1, -0.05) is 23.8 Å².